The van der Waals surface area contributed by atoms with E-state index in [9.17, 15) is 4.79 Å². The lowest BCUT2D eigenvalue weighted by atomic mass is 10.1. The van der Waals surface area contributed by atoms with Crippen LogP contribution in [0.2, 0.25) is 0 Å². The van der Waals surface area contributed by atoms with E-state index in [1.54, 1.807) is 0 Å². The summed E-state index contributed by atoms with van der Waals surface area (Å²) >= 11 is 5.12. The van der Waals surface area contributed by atoms with Gasteiger partial charge in [0.2, 0.25) is 0 Å². The lowest BCUT2D eigenvalue weighted by Gasteiger charge is -2.12. The average molecular weight is 164 g/mol. The molecule has 0 aliphatic rings. The maximum Gasteiger partial charge on any atom is 0.307 e. The Kier molecular flexibility index (Phi) is 3.13. The van der Waals surface area contributed by atoms with Crippen molar-refractivity contribution in [2.24, 2.45) is 0 Å². The van der Waals surface area contributed by atoms with Crippen LogP contribution in [0.1, 0.15) is 6.42 Å². The highest BCUT2D eigenvalue weighted by atomic mass is 35.5. The second kappa shape index (κ2) is 3.40. The lowest BCUT2D eigenvalue weighted by Crippen LogP contribution is -2.31. The summed E-state index contributed by atoms with van der Waals surface area (Å²) in [6.45, 7) is 0. The lowest BCUT2D eigenvalue weighted by molar-refractivity contribution is -0.140. The normalized spacial score (nSPS) is 15.3. The fraction of sp³-hybridized carbons (Fsp3) is 0.600. The smallest absolute Gasteiger partial charge is 0.307 e. The Morgan fingerprint density at radius 1 is 1.80 bits per heavy atom. The van der Waals surface area contributed by atoms with Crippen molar-refractivity contribution in [3.63, 3.8) is 0 Å². The van der Waals surface area contributed by atoms with Gasteiger partial charge in [0.25, 0.3) is 0 Å². The minimum Gasteiger partial charge on any atom is -0.481 e. The molecule has 0 bridgehead atoms. The zero-order valence-electron chi connectivity index (χ0n) is 5.04. The van der Waals surface area contributed by atoms with Gasteiger partial charge in [-0.25, -0.2) is 0 Å². The average Bonchev–Trinajstić information content (AvgIpc) is 1.87. The Morgan fingerprint density at radius 3 is 2.40 bits per heavy atom. The molecular formula is C5H6ClNO3. The van der Waals surface area contributed by atoms with Crippen LogP contribution >= 0.6 is 11.6 Å². The predicted molar refractivity (Wildman–Crippen MR) is 33.5 cm³/mol. The fourth-order valence-corrected chi connectivity index (χ4v) is 0.521. The Labute approximate surface area is 62.6 Å². The van der Waals surface area contributed by atoms with Crippen molar-refractivity contribution in [1.82, 2.24) is 0 Å². The van der Waals surface area contributed by atoms with Gasteiger partial charge in [-0.3, -0.25) is 4.79 Å². The van der Waals surface area contributed by atoms with Gasteiger partial charge in [-0.1, -0.05) is 0 Å². The highest BCUT2D eigenvalue weighted by Crippen LogP contribution is 2.10. The molecule has 1 unspecified atom stereocenters. The SMILES string of the molecule is N#CC(O)(CCl)CC(=O)O. The molecule has 2 N–H and O–H groups in total. The van der Waals surface area contributed by atoms with Crippen LogP contribution in [0.25, 0.3) is 0 Å². The van der Waals surface area contributed by atoms with E-state index in [0.29, 0.717) is 0 Å². The van der Waals surface area contributed by atoms with Crippen LogP contribution in [0.4, 0.5) is 0 Å². The molecule has 0 rings (SSSR count). The van der Waals surface area contributed by atoms with Crippen LogP contribution in [0.15, 0.2) is 0 Å². The summed E-state index contributed by atoms with van der Waals surface area (Å²) in [5, 5.41) is 25.3. The molecule has 0 aliphatic carbocycles. The van der Waals surface area contributed by atoms with Crippen LogP contribution < -0.4 is 0 Å². The first kappa shape index (κ1) is 9.21. The Bertz CT molecular complexity index is 176. The van der Waals surface area contributed by atoms with E-state index in [1.165, 1.54) is 6.07 Å². The van der Waals surface area contributed by atoms with E-state index >= 15 is 0 Å². The van der Waals surface area contributed by atoms with Crippen molar-refractivity contribution >= 4 is 17.6 Å². The molecule has 0 aromatic rings. The molecule has 1 atom stereocenters. The van der Waals surface area contributed by atoms with E-state index in [2.05, 4.69) is 0 Å². The van der Waals surface area contributed by atoms with Crippen molar-refractivity contribution in [3.05, 3.63) is 0 Å². The van der Waals surface area contributed by atoms with Crippen LogP contribution in [-0.2, 0) is 4.79 Å². The molecule has 0 heterocycles. The number of nitrogens with zero attached hydrogens (tertiary/aromatic N) is 1. The van der Waals surface area contributed by atoms with E-state index in [-0.39, 0.29) is 0 Å². The molecule has 56 valence electrons. The van der Waals surface area contributed by atoms with Crippen molar-refractivity contribution in [3.8, 4) is 6.07 Å². The zero-order valence-corrected chi connectivity index (χ0v) is 5.80. The van der Waals surface area contributed by atoms with Crippen LogP contribution in [0.5, 0.6) is 0 Å². The van der Waals surface area contributed by atoms with Gasteiger partial charge < -0.3 is 10.2 Å². The maximum absolute atomic E-state index is 9.96. The second-order valence-corrected chi connectivity index (χ2v) is 2.11. The molecule has 0 aromatic heterocycles. The number of rotatable bonds is 3. The molecule has 0 aliphatic heterocycles. The Balaban J connectivity index is 4.10. The third-order valence-corrected chi connectivity index (χ3v) is 1.31. The van der Waals surface area contributed by atoms with Crippen LogP contribution in [-0.4, -0.2) is 27.7 Å². The summed E-state index contributed by atoms with van der Waals surface area (Å²) in [4.78, 5) is 9.96. The third kappa shape index (κ3) is 2.67. The number of carbonyl (C=O) groups is 1. The van der Waals surface area contributed by atoms with Crippen LogP contribution in [0.3, 0.4) is 0 Å². The molecule has 10 heavy (non-hydrogen) atoms. The summed E-state index contributed by atoms with van der Waals surface area (Å²) < 4.78 is 0. The molecule has 0 radical (unpaired) electrons. The quantitative estimate of drug-likeness (QED) is 0.452. The van der Waals surface area contributed by atoms with Gasteiger partial charge in [0, 0.05) is 0 Å². The molecule has 4 nitrogen and oxygen atoms in total. The number of carboxylic acids is 1. The summed E-state index contributed by atoms with van der Waals surface area (Å²) in [5.74, 6) is -1.64. The highest BCUT2D eigenvalue weighted by molar-refractivity contribution is 6.19. The number of hydrogen-bond acceptors (Lipinski definition) is 3. The minimum absolute atomic E-state index is 0.393. The number of nitriles is 1. The Morgan fingerprint density at radius 2 is 2.30 bits per heavy atom. The first-order valence-electron chi connectivity index (χ1n) is 2.45. The van der Waals surface area contributed by atoms with Gasteiger partial charge in [-0.15, -0.1) is 11.6 Å². The van der Waals surface area contributed by atoms with Crippen molar-refractivity contribution in [2.75, 3.05) is 5.88 Å². The first-order valence-corrected chi connectivity index (χ1v) is 2.99. The summed E-state index contributed by atoms with van der Waals surface area (Å²) in [5.41, 5.74) is -1.92. The van der Waals surface area contributed by atoms with Gasteiger partial charge in [0.15, 0.2) is 5.60 Å². The van der Waals surface area contributed by atoms with E-state index in [4.69, 9.17) is 27.1 Å². The highest BCUT2D eigenvalue weighted by Gasteiger charge is 2.28. The minimum atomic E-state index is -1.92. The maximum atomic E-state index is 9.96. The van der Waals surface area contributed by atoms with Gasteiger partial charge in [-0.2, -0.15) is 5.26 Å². The number of halogens is 1. The van der Waals surface area contributed by atoms with Gasteiger partial charge in [-0.05, 0) is 0 Å². The number of aliphatic hydroxyl groups is 1. The topological polar surface area (TPSA) is 81.3 Å². The monoisotopic (exact) mass is 163 g/mol. The summed E-state index contributed by atoms with van der Waals surface area (Å²) in [7, 11) is 0. The molecular weight excluding hydrogens is 158 g/mol. The Hall–Kier alpha value is -0.790. The fourth-order valence-electron chi connectivity index (χ4n) is 0.367. The number of aliphatic carboxylic acids is 1. The standard InChI is InChI=1S/C5H6ClNO3/c6-2-5(10,3-7)1-4(8)9/h10H,1-2H2,(H,8,9). The van der Waals surface area contributed by atoms with Crippen molar-refractivity contribution < 1.29 is 15.0 Å². The molecule has 0 fully saturated rings. The van der Waals surface area contributed by atoms with Gasteiger partial charge >= 0.3 is 5.97 Å². The molecule has 5 heteroatoms. The van der Waals surface area contributed by atoms with E-state index in [1.807, 2.05) is 0 Å². The predicted octanol–water partition coefficient (Wildman–Crippen LogP) is -0.0454. The summed E-state index contributed by atoms with van der Waals surface area (Å²) in [6, 6.07) is 1.40. The molecule has 0 amide bonds. The molecule has 0 saturated carbocycles. The van der Waals surface area contributed by atoms with E-state index < -0.39 is 23.9 Å². The zero-order chi connectivity index (χ0) is 8.20. The van der Waals surface area contributed by atoms with Crippen LogP contribution in [0, 0.1) is 11.3 Å². The van der Waals surface area contributed by atoms with Gasteiger partial charge in [0.1, 0.15) is 0 Å². The molecule has 0 aromatic carbocycles. The second-order valence-electron chi connectivity index (χ2n) is 1.85. The summed E-state index contributed by atoms with van der Waals surface area (Å²) in [6.07, 6.45) is -0.646. The van der Waals surface area contributed by atoms with Gasteiger partial charge in [0.05, 0.1) is 18.4 Å². The van der Waals surface area contributed by atoms with Crippen molar-refractivity contribution in [2.45, 2.75) is 12.0 Å². The first-order chi connectivity index (χ1) is 4.54. The molecule has 0 saturated heterocycles. The third-order valence-electron chi connectivity index (χ3n) is 0.873. The van der Waals surface area contributed by atoms with E-state index in [0.717, 1.165) is 0 Å². The number of hydrogen-bond donors (Lipinski definition) is 2. The number of alkyl halides is 1. The molecule has 0 spiro atoms. The largest absolute Gasteiger partial charge is 0.481 e. The number of carboxylic acid groups (broad SMARTS) is 1. The van der Waals surface area contributed by atoms with Crippen molar-refractivity contribution in [1.29, 1.82) is 5.26 Å².